The summed E-state index contributed by atoms with van der Waals surface area (Å²) in [5.41, 5.74) is 2.83. The normalized spacial score (nSPS) is 11.1. The molecule has 0 aliphatic rings. The fourth-order valence-electron chi connectivity index (χ4n) is 4.11. The van der Waals surface area contributed by atoms with Crippen LogP contribution in [0.15, 0.2) is 101 Å². The second-order valence-corrected chi connectivity index (χ2v) is 11.2. The first-order valence-electron chi connectivity index (χ1n) is 13.3. The smallest absolute Gasteiger partial charge is 0.289 e. The third kappa shape index (κ3) is 7.92. The van der Waals surface area contributed by atoms with Gasteiger partial charge in [-0.25, -0.2) is 13.8 Å². The van der Waals surface area contributed by atoms with E-state index in [2.05, 4.69) is 10.5 Å². The molecule has 4 aromatic rings. The number of rotatable bonds is 14. The van der Waals surface area contributed by atoms with Crippen molar-refractivity contribution in [3.63, 3.8) is 0 Å². The second kappa shape index (κ2) is 14.6. The highest BCUT2D eigenvalue weighted by molar-refractivity contribution is 7.93. The summed E-state index contributed by atoms with van der Waals surface area (Å²) in [6.45, 7) is -0.615. The van der Waals surface area contributed by atoms with Crippen molar-refractivity contribution in [2.24, 2.45) is 5.10 Å². The van der Waals surface area contributed by atoms with E-state index in [0.29, 0.717) is 21.4 Å². The fourth-order valence-corrected chi connectivity index (χ4v) is 5.70. The zero-order valence-corrected chi connectivity index (χ0v) is 25.2. The third-order valence-corrected chi connectivity index (χ3v) is 8.22. The van der Waals surface area contributed by atoms with E-state index >= 15 is 0 Å². The monoisotopic (exact) mass is 649 g/mol. The number of sulfonamides is 1. The van der Waals surface area contributed by atoms with Crippen LogP contribution < -0.4 is 23.9 Å². The number of hydrogen-bond acceptors (Lipinski definition) is 11. The maximum atomic E-state index is 13.8. The number of amides is 1. The average molecular weight is 650 g/mol. The minimum atomic E-state index is -4.68. The number of carbonyl (C=O) groups is 1. The topological polar surface area (TPSA) is 193 Å². The third-order valence-electron chi connectivity index (χ3n) is 6.41. The van der Waals surface area contributed by atoms with Gasteiger partial charge in [0.15, 0.2) is 4.90 Å². The van der Waals surface area contributed by atoms with E-state index < -0.39 is 42.9 Å². The molecule has 15 nitrogen and oxygen atoms in total. The van der Waals surface area contributed by atoms with Crippen LogP contribution in [-0.4, -0.2) is 51.2 Å². The summed E-state index contributed by atoms with van der Waals surface area (Å²) in [5.74, 6) is 0.0531. The number of nitrogens with one attached hydrogen (secondary N) is 1. The number of benzene rings is 4. The highest BCUT2D eigenvalue weighted by Crippen LogP contribution is 2.37. The number of carbonyl (C=O) groups excluding carboxylic acids is 1. The number of nitro benzene ring substituents is 2. The Balaban J connectivity index is 1.48. The summed E-state index contributed by atoms with van der Waals surface area (Å²) in [7, 11) is -1.97. The minimum absolute atomic E-state index is 0.0190. The first-order chi connectivity index (χ1) is 22.0. The van der Waals surface area contributed by atoms with Crippen molar-refractivity contribution in [1.29, 1.82) is 0 Å². The quantitative estimate of drug-likeness (QED) is 0.116. The molecule has 46 heavy (non-hydrogen) atoms. The van der Waals surface area contributed by atoms with Gasteiger partial charge in [-0.1, -0.05) is 12.1 Å². The molecule has 4 aromatic carbocycles. The Hall–Kier alpha value is -6.03. The molecule has 238 valence electrons. The molecular weight excluding hydrogens is 622 g/mol. The van der Waals surface area contributed by atoms with Gasteiger partial charge in [0.1, 0.15) is 30.4 Å². The zero-order valence-electron chi connectivity index (χ0n) is 24.4. The molecule has 0 radical (unpaired) electrons. The summed E-state index contributed by atoms with van der Waals surface area (Å²) in [5, 5.41) is 26.3. The zero-order chi connectivity index (χ0) is 33.3. The molecule has 4 rings (SSSR count). The Kier molecular flexibility index (Phi) is 10.5. The molecule has 0 heterocycles. The Morgan fingerprint density at radius 1 is 0.891 bits per heavy atom. The number of nitro groups is 2. The van der Waals surface area contributed by atoms with Gasteiger partial charge in [0.05, 0.1) is 36.0 Å². The van der Waals surface area contributed by atoms with Gasteiger partial charge in [-0.15, -0.1) is 0 Å². The van der Waals surface area contributed by atoms with Gasteiger partial charge in [-0.3, -0.25) is 29.3 Å². The molecule has 1 N–H and O–H groups in total. The maximum Gasteiger partial charge on any atom is 0.289 e. The molecule has 0 aliphatic carbocycles. The molecule has 0 spiro atoms. The number of anilines is 1. The Morgan fingerprint density at radius 3 is 2.20 bits per heavy atom. The standard InChI is InChI=1S/C30H27N5O10S/c1-43-25-15-16-26(28(17-25)44-2)33(46(41,42)29-6-4-3-5-27(29)35(39)40)19-30(36)32-31-18-21-9-13-24(14-10-21)45-20-22-7-11-23(12-8-22)34(37)38/h3-18H,19-20H2,1-2H3,(H,32,36)/b31-18-. The van der Waals surface area contributed by atoms with E-state index in [1.54, 1.807) is 36.4 Å². The molecule has 0 bridgehead atoms. The Labute approximate surface area is 263 Å². The molecule has 16 heteroatoms. The van der Waals surface area contributed by atoms with Gasteiger partial charge >= 0.3 is 0 Å². The van der Waals surface area contributed by atoms with Crippen molar-refractivity contribution in [1.82, 2.24) is 5.43 Å². The number of non-ortho nitro benzene ring substituents is 1. The number of ether oxygens (including phenoxy) is 3. The molecule has 0 aliphatic heterocycles. The first kappa shape index (κ1) is 32.9. The number of hydrogen-bond donors (Lipinski definition) is 1. The highest BCUT2D eigenvalue weighted by atomic mass is 32.2. The van der Waals surface area contributed by atoms with Crippen LogP contribution in [0.1, 0.15) is 11.1 Å². The molecule has 0 atom stereocenters. The van der Waals surface area contributed by atoms with Crippen LogP contribution in [0.2, 0.25) is 0 Å². The van der Waals surface area contributed by atoms with Crippen molar-refractivity contribution in [2.75, 3.05) is 25.1 Å². The number of para-hydroxylation sites is 1. The summed E-state index contributed by atoms with van der Waals surface area (Å²) in [6.07, 6.45) is 1.33. The SMILES string of the molecule is COc1ccc(N(CC(=O)N/N=C\c2ccc(OCc3ccc([N+](=O)[O-])cc3)cc2)S(=O)(=O)c2ccccc2[N+](=O)[O-])c(OC)c1. The van der Waals surface area contributed by atoms with E-state index in [0.717, 1.165) is 17.7 Å². The summed E-state index contributed by atoms with van der Waals surface area (Å²) in [6, 6.07) is 21.6. The average Bonchev–Trinajstić information content (AvgIpc) is 3.06. The van der Waals surface area contributed by atoms with Crippen LogP contribution >= 0.6 is 0 Å². The van der Waals surface area contributed by atoms with Gasteiger partial charge in [-0.05, 0) is 65.7 Å². The van der Waals surface area contributed by atoms with Crippen molar-refractivity contribution in [2.45, 2.75) is 11.5 Å². The van der Waals surface area contributed by atoms with Crippen molar-refractivity contribution >= 4 is 39.2 Å². The first-order valence-corrected chi connectivity index (χ1v) is 14.7. The predicted octanol–water partition coefficient (Wildman–Crippen LogP) is 4.44. The van der Waals surface area contributed by atoms with Gasteiger partial charge in [0.25, 0.3) is 27.3 Å². The maximum absolute atomic E-state index is 13.8. The lowest BCUT2D eigenvalue weighted by molar-refractivity contribution is -0.387. The van der Waals surface area contributed by atoms with E-state index in [1.807, 2.05) is 0 Å². The van der Waals surface area contributed by atoms with Crippen LogP contribution in [-0.2, 0) is 21.4 Å². The molecule has 1 amide bonds. The minimum Gasteiger partial charge on any atom is -0.497 e. The molecular formula is C30H27N5O10S. The van der Waals surface area contributed by atoms with E-state index in [4.69, 9.17) is 14.2 Å². The number of nitrogens with zero attached hydrogens (tertiary/aromatic N) is 4. The molecule has 0 unspecified atom stereocenters. The van der Waals surface area contributed by atoms with Gasteiger partial charge < -0.3 is 14.2 Å². The van der Waals surface area contributed by atoms with Crippen LogP contribution in [0.5, 0.6) is 17.2 Å². The van der Waals surface area contributed by atoms with Crippen molar-refractivity contribution in [3.8, 4) is 17.2 Å². The summed E-state index contributed by atoms with van der Waals surface area (Å²) in [4.78, 5) is 33.5. The molecule has 0 saturated carbocycles. The van der Waals surface area contributed by atoms with Crippen molar-refractivity contribution in [3.05, 3.63) is 122 Å². The lowest BCUT2D eigenvalue weighted by Crippen LogP contribution is -2.40. The summed E-state index contributed by atoms with van der Waals surface area (Å²) < 4.78 is 44.5. The van der Waals surface area contributed by atoms with E-state index in [1.165, 1.54) is 62.9 Å². The fraction of sp³-hybridized carbons (Fsp3) is 0.133. The lowest BCUT2D eigenvalue weighted by atomic mass is 10.2. The molecule has 0 fully saturated rings. The lowest BCUT2D eigenvalue weighted by Gasteiger charge is -2.25. The van der Waals surface area contributed by atoms with Gasteiger partial charge in [0, 0.05) is 24.3 Å². The largest absolute Gasteiger partial charge is 0.497 e. The van der Waals surface area contributed by atoms with Gasteiger partial charge in [-0.2, -0.15) is 5.10 Å². The Bertz CT molecular complexity index is 1860. The van der Waals surface area contributed by atoms with Crippen LogP contribution in [0, 0.1) is 20.2 Å². The van der Waals surface area contributed by atoms with Crippen LogP contribution in [0.4, 0.5) is 17.1 Å². The number of hydrazone groups is 1. The Morgan fingerprint density at radius 2 is 1.57 bits per heavy atom. The van der Waals surface area contributed by atoms with Gasteiger partial charge in [0.2, 0.25) is 0 Å². The molecule has 0 saturated heterocycles. The van der Waals surface area contributed by atoms with E-state index in [9.17, 15) is 33.4 Å². The predicted molar refractivity (Wildman–Crippen MR) is 167 cm³/mol. The number of methoxy groups -OCH3 is 2. The second-order valence-electron chi connectivity index (χ2n) is 9.35. The van der Waals surface area contributed by atoms with E-state index in [-0.39, 0.29) is 23.7 Å². The highest BCUT2D eigenvalue weighted by Gasteiger charge is 2.34. The van der Waals surface area contributed by atoms with Crippen molar-refractivity contribution < 1.29 is 37.3 Å². The summed E-state index contributed by atoms with van der Waals surface area (Å²) >= 11 is 0. The van der Waals surface area contributed by atoms with Crippen LogP contribution in [0.25, 0.3) is 0 Å². The van der Waals surface area contributed by atoms with Crippen LogP contribution in [0.3, 0.4) is 0 Å². The molecule has 0 aromatic heterocycles.